The summed E-state index contributed by atoms with van der Waals surface area (Å²) in [6, 6.07) is 9.94. The number of rotatable bonds is 5. The van der Waals surface area contributed by atoms with Gasteiger partial charge in [-0.15, -0.1) is 0 Å². The largest absolute Gasteiger partial charge is 0.379 e. The molecule has 6 nitrogen and oxygen atoms in total. The van der Waals surface area contributed by atoms with E-state index in [2.05, 4.69) is 42.2 Å². The molecule has 154 valence electrons. The van der Waals surface area contributed by atoms with Crippen LogP contribution in [0.3, 0.4) is 0 Å². The molecule has 0 amide bonds. The normalized spacial score (nSPS) is 15.7. The molecule has 0 radical (unpaired) electrons. The zero-order valence-corrected chi connectivity index (χ0v) is 18.0. The van der Waals surface area contributed by atoms with Crippen LogP contribution in [0.15, 0.2) is 36.5 Å². The van der Waals surface area contributed by atoms with Crippen molar-refractivity contribution >= 4 is 23.1 Å². The molecule has 29 heavy (non-hydrogen) atoms. The molecular formula is C22H28ClN5O. The van der Waals surface area contributed by atoms with Gasteiger partial charge in [-0.3, -0.25) is 4.90 Å². The molecule has 4 rings (SSSR count). The molecule has 3 heterocycles. The summed E-state index contributed by atoms with van der Waals surface area (Å²) in [6.07, 6.45) is 1.85. The number of nitrogens with zero attached hydrogens (tertiary/aromatic N) is 4. The second-order valence-corrected chi connectivity index (χ2v) is 8.84. The number of ether oxygens (including phenoxy) is 1. The summed E-state index contributed by atoms with van der Waals surface area (Å²) in [6.45, 7) is 11.9. The lowest BCUT2D eigenvalue weighted by molar-refractivity contribution is 0.0398. The van der Waals surface area contributed by atoms with Gasteiger partial charge in [-0.05, 0) is 6.07 Å². The smallest absolute Gasteiger partial charge is 0.165 e. The summed E-state index contributed by atoms with van der Waals surface area (Å²) in [5.74, 6) is 0.950. The van der Waals surface area contributed by atoms with Crippen LogP contribution in [-0.4, -0.2) is 58.9 Å². The molecule has 0 saturated carbocycles. The highest BCUT2D eigenvalue weighted by atomic mass is 35.5. The first-order chi connectivity index (χ1) is 13.9. The van der Waals surface area contributed by atoms with Crippen molar-refractivity contribution in [2.24, 2.45) is 0 Å². The van der Waals surface area contributed by atoms with Crippen LogP contribution in [0.4, 0.5) is 5.82 Å². The molecule has 1 aliphatic heterocycles. The molecule has 0 spiro atoms. The molecule has 0 bridgehead atoms. The van der Waals surface area contributed by atoms with Gasteiger partial charge in [0.1, 0.15) is 5.82 Å². The number of anilines is 1. The molecule has 1 fully saturated rings. The second kappa shape index (κ2) is 8.30. The van der Waals surface area contributed by atoms with E-state index in [9.17, 15) is 0 Å². The van der Waals surface area contributed by atoms with Crippen LogP contribution < -0.4 is 5.32 Å². The van der Waals surface area contributed by atoms with Gasteiger partial charge in [0.05, 0.1) is 25.1 Å². The Hall–Kier alpha value is -2.15. The molecule has 0 aliphatic carbocycles. The molecule has 1 N–H and O–H groups in total. The fourth-order valence-electron chi connectivity index (χ4n) is 3.51. The first-order valence-corrected chi connectivity index (χ1v) is 10.5. The SMILES string of the molecule is CC(C)(C)c1cc(NCCN2CCOCC2)n2ncc(-c3ccccc3Cl)c2n1. The Balaban J connectivity index is 1.68. The Kier molecular flexibility index (Phi) is 5.76. The Bertz CT molecular complexity index is 989. The number of benzene rings is 1. The summed E-state index contributed by atoms with van der Waals surface area (Å²) >= 11 is 6.46. The molecule has 1 aliphatic rings. The molecule has 0 atom stereocenters. The molecule has 3 aromatic rings. The minimum Gasteiger partial charge on any atom is -0.379 e. The zero-order valence-electron chi connectivity index (χ0n) is 17.3. The van der Waals surface area contributed by atoms with Crippen LogP contribution in [0.1, 0.15) is 26.5 Å². The Morgan fingerprint density at radius 3 is 2.62 bits per heavy atom. The Labute approximate surface area is 176 Å². The van der Waals surface area contributed by atoms with Gasteiger partial charge in [-0.1, -0.05) is 50.6 Å². The van der Waals surface area contributed by atoms with Crippen molar-refractivity contribution in [1.29, 1.82) is 0 Å². The summed E-state index contributed by atoms with van der Waals surface area (Å²) in [5.41, 5.74) is 3.65. The van der Waals surface area contributed by atoms with E-state index in [0.717, 1.165) is 67.7 Å². The van der Waals surface area contributed by atoms with E-state index in [4.69, 9.17) is 21.3 Å². The van der Waals surface area contributed by atoms with E-state index < -0.39 is 0 Å². The van der Waals surface area contributed by atoms with Crippen molar-refractivity contribution in [2.75, 3.05) is 44.7 Å². The highest BCUT2D eigenvalue weighted by Gasteiger charge is 2.21. The van der Waals surface area contributed by atoms with Gasteiger partial charge in [0, 0.05) is 53.8 Å². The van der Waals surface area contributed by atoms with Gasteiger partial charge in [0.2, 0.25) is 0 Å². The minimum absolute atomic E-state index is 0.0790. The third kappa shape index (κ3) is 4.39. The van der Waals surface area contributed by atoms with Crippen LogP contribution in [0.2, 0.25) is 5.02 Å². The summed E-state index contributed by atoms with van der Waals surface area (Å²) < 4.78 is 7.32. The molecule has 1 saturated heterocycles. The van der Waals surface area contributed by atoms with Crippen molar-refractivity contribution in [2.45, 2.75) is 26.2 Å². The van der Waals surface area contributed by atoms with Crippen LogP contribution in [0, 0.1) is 0 Å². The van der Waals surface area contributed by atoms with Crippen molar-refractivity contribution in [3.8, 4) is 11.1 Å². The average molecular weight is 414 g/mol. The van der Waals surface area contributed by atoms with Gasteiger partial charge in [-0.25, -0.2) is 4.98 Å². The predicted octanol–water partition coefficient (Wildman–Crippen LogP) is 4.09. The second-order valence-electron chi connectivity index (χ2n) is 8.43. The standard InChI is InChI=1S/C22H28ClN5O/c1-22(2,3)19-14-20(24-8-9-27-10-12-29-13-11-27)28-21(26-19)17(15-25-28)16-6-4-5-7-18(16)23/h4-7,14-15,24H,8-13H2,1-3H3. The predicted molar refractivity (Wildman–Crippen MR) is 118 cm³/mol. The van der Waals surface area contributed by atoms with Crippen molar-refractivity contribution in [3.63, 3.8) is 0 Å². The molecule has 1 aromatic carbocycles. The van der Waals surface area contributed by atoms with Gasteiger partial charge in [0.15, 0.2) is 5.65 Å². The van der Waals surface area contributed by atoms with Crippen LogP contribution >= 0.6 is 11.6 Å². The first kappa shape index (κ1) is 20.1. The monoisotopic (exact) mass is 413 g/mol. The van der Waals surface area contributed by atoms with E-state index >= 15 is 0 Å². The summed E-state index contributed by atoms with van der Waals surface area (Å²) in [4.78, 5) is 7.37. The van der Waals surface area contributed by atoms with E-state index in [-0.39, 0.29) is 5.41 Å². The third-order valence-electron chi connectivity index (χ3n) is 5.24. The fourth-order valence-corrected chi connectivity index (χ4v) is 3.75. The third-order valence-corrected chi connectivity index (χ3v) is 5.57. The Morgan fingerprint density at radius 2 is 1.90 bits per heavy atom. The van der Waals surface area contributed by atoms with E-state index in [1.54, 1.807) is 0 Å². The van der Waals surface area contributed by atoms with Crippen molar-refractivity contribution in [1.82, 2.24) is 19.5 Å². The Morgan fingerprint density at radius 1 is 1.14 bits per heavy atom. The maximum atomic E-state index is 6.46. The van der Waals surface area contributed by atoms with E-state index in [1.807, 2.05) is 35.0 Å². The average Bonchev–Trinajstić information content (AvgIpc) is 3.12. The number of hydrogen-bond donors (Lipinski definition) is 1. The lowest BCUT2D eigenvalue weighted by atomic mass is 9.92. The van der Waals surface area contributed by atoms with Gasteiger partial charge >= 0.3 is 0 Å². The lowest BCUT2D eigenvalue weighted by Crippen LogP contribution is -2.39. The number of hydrogen-bond acceptors (Lipinski definition) is 5. The van der Waals surface area contributed by atoms with Crippen molar-refractivity contribution < 1.29 is 4.74 Å². The molecule has 2 aromatic heterocycles. The molecule has 0 unspecified atom stereocenters. The minimum atomic E-state index is -0.0790. The fraction of sp³-hybridized carbons (Fsp3) is 0.455. The summed E-state index contributed by atoms with van der Waals surface area (Å²) in [5, 5.41) is 8.90. The number of fused-ring (bicyclic) bond motifs is 1. The van der Waals surface area contributed by atoms with Gasteiger partial charge in [0.25, 0.3) is 0 Å². The molecular weight excluding hydrogens is 386 g/mol. The quantitative estimate of drug-likeness (QED) is 0.682. The van der Waals surface area contributed by atoms with Gasteiger partial charge in [-0.2, -0.15) is 9.61 Å². The zero-order chi connectivity index (χ0) is 20.4. The number of aromatic nitrogens is 3. The van der Waals surface area contributed by atoms with E-state index in [0.29, 0.717) is 5.02 Å². The lowest BCUT2D eigenvalue weighted by Gasteiger charge is -2.27. The first-order valence-electron chi connectivity index (χ1n) is 10.1. The topological polar surface area (TPSA) is 54.7 Å². The number of nitrogens with one attached hydrogen (secondary N) is 1. The van der Waals surface area contributed by atoms with Crippen LogP contribution in [0.5, 0.6) is 0 Å². The maximum Gasteiger partial charge on any atom is 0.165 e. The highest BCUT2D eigenvalue weighted by molar-refractivity contribution is 6.33. The molecule has 7 heteroatoms. The maximum absolute atomic E-state index is 6.46. The van der Waals surface area contributed by atoms with E-state index in [1.165, 1.54) is 0 Å². The number of halogens is 1. The van der Waals surface area contributed by atoms with Crippen LogP contribution in [0.25, 0.3) is 16.8 Å². The van der Waals surface area contributed by atoms with Gasteiger partial charge < -0.3 is 10.1 Å². The number of morpholine rings is 1. The highest BCUT2D eigenvalue weighted by Crippen LogP contribution is 2.33. The van der Waals surface area contributed by atoms with Crippen molar-refractivity contribution in [3.05, 3.63) is 47.2 Å². The van der Waals surface area contributed by atoms with Crippen LogP contribution in [-0.2, 0) is 10.2 Å². The summed E-state index contributed by atoms with van der Waals surface area (Å²) in [7, 11) is 0.